The number of fused-ring (bicyclic) bond motifs is 1. The van der Waals surface area contributed by atoms with E-state index in [0.717, 1.165) is 0 Å². The summed E-state index contributed by atoms with van der Waals surface area (Å²) >= 11 is 0. The van der Waals surface area contributed by atoms with E-state index in [2.05, 4.69) is 15.6 Å². The van der Waals surface area contributed by atoms with Gasteiger partial charge in [-0.25, -0.2) is 4.74 Å². The van der Waals surface area contributed by atoms with E-state index >= 15 is 0 Å². The summed E-state index contributed by atoms with van der Waals surface area (Å²) < 4.78 is 0.717. The van der Waals surface area contributed by atoms with Gasteiger partial charge in [-0.3, -0.25) is 0 Å². The Labute approximate surface area is 57.3 Å². The van der Waals surface area contributed by atoms with Crippen LogP contribution in [0.2, 0.25) is 0 Å². The van der Waals surface area contributed by atoms with E-state index in [0.29, 0.717) is 22.9 Å². The summed E-state index contributed by atoms with van der Waals surface area (Å²) in [6.45, 7) is 0.629. The van der Waals surface area contributed by atoms with Crippen LogP contribution in [-0.2, 0) is 0 Å². The molecule has 0 spiro atoms. The number of aliphatic imine (C=N–C) groups is 1. The maximum absolute atomic E-state index is 10.8. The van der Waals surface area contributed by atoms with Gasteiger partial charge in [0.15, 0.2) is 0 Å². The van der Waals surface area contributed by atoms with Gasteiger partial charge < -0.3 is 15.8 Å². The standard InChI is InChI=1S/C5H6N4O/c10-9-3-8-5-4(9)1-6-2-7-5/h1,3,6H,2H2,(H,7,8). The third kappa shape index (κ3) is 0.570. The summed E-state index contributed by atoms with van der Waals surface area (Å²) in [5, 5.41) is 16.6. The minimum atomic E-state index is 0.547. The van der Waals surface area contributed by atoms with Crippen LogP contribution in [0.15, 0.2) is 16.9 Å². The maximum atomic E-state index is 10.8. The molecule has 0 aromatic carbocycles. The number of amidine groups is 1. The first-order valence-electron chi connectivity index (χ1n) is 2.93. The van der Waals surface area contributed by atoms with Gasteiger partial charge >= 0.3 is 0 Å². The molecule has 2 aliphatic heterocycles. The Morgan fingerprint density at radius 1 is 1.70 bits per heavy atom. The van der Waals surface area contributed by atoms with Crippen LogP contribution in [0, 0.1) is 5.21 Å². The second-order valence-electron chi connectivity index (χ2n) is 2.01. The van der Waals surface area contributed by atoms with Crippen molar-refractivity contribution in [3.8, 4) is 0 Å². The van der Waals surface area contributed by atoms with Crippen molar-refractivity contribution >= 4 is 12.2 Å². The van der Waals surface area contributed by atoms with Crippen LogP contribution in [0.3, 0.4) is 0 Å². The van der Waals surface area contributed by atoms with Crippen molar-refractivity contribution in [3.05, 3.63) is 17.1 Å². The van der Waals surface area contributed by atoms with Crippen LogP contribution in [0.4, 0.5) is 0 Å². The Morgan fingerprint density at radius 2 is 2.60 bits per heavy atom. The molecular formula is C5H6N4O. The summed E-state index contributed by atoms with van der Waals surface area (Å²) in [4.78, 5) is 3.82. The lowest BCUT2D eigenvalue weighted by Crippen LogP contribution is -2.38. The molecule has 0 bridgehead atoms. The van der Waals surface area contributed by atoms with Crippen molar-refractivity contribution in [2.45, 2.75) is 0 Å². The SMILES string of the molecule is [O-][N+]1=CN=C2NCNC=C21. The van der Waals surface area contributed by atoms with E-state index in [-0.39, 0.29) is 0 Å². The fraction of sp³-hybridized carbons (Fsp3) is 0.200. The maximum Gasteiger partial charge on any atom is 0.292 e. The molecule has 10 heavy (non-hydrogen) atoms. The molecule has 52 valence electrons. The highest BCUT2D eigenvalue weighted by atomic mass is 16.5. The Kier molecular flexibility index (Phi) is 0.913. The Bertz CT molecular complexity index is 252. The molecule has 2 N–H and O–H groups in total. The van der Waals surface area contributed by atoms with E-state index in [4.69, 9.17) is 0 Å². The molecule has 5 heteroatoms. The summed E-state index contributed by atoms with van der Waals surface area (Å²) in [7, 11) is 0. The second kappa shape index (κ2) is 1.73. The third-order valence-corrected chi connectivity index (χ3v) is 1.37. The first kappa shape index (κ1) is 5.28. The highest BCUT2D eigenvalue weighted by Gasteiger charge is 2.23. The first-order valence-corrected chi connectivity index (χ1v) is 2.93. The first-order chi connectivity index (χ1) is 4.88. The molecule has 0 saturated carbocycles. The van der Waals surface area contributed by atoms with Crippen molar-refractivity contribution in [2.75, 3.05) is 6.67 Å². The van der Waals surface area contributed by atoms with Crippen LogP contribution in [0.5, 0.6) is 0 Å². The minimum absolute atomic E-state index is 0.547. The Morgan fingerprint density at radius 3 is 3.40 bits per heavy atom. The lowest BCUT2D eigenvalue weighted by atomic mass is 10.4. The van der Waals surface area contributed by atoms with Gasteiger partial charge in [0.05, 0.1) is 12.9 Å². The molecule has 0 aromatic heterocycles. The van der Waals surface area contributed by atoms with E-state index in [1.165, 1.54) is 6.34 Å². The molecular weight excluding hydrogens is 132 g/mol. The van der Waals surface area contributed by atoms with E-state index in [9.17, 15) is 5.21 Å². The molecule has 0 radical (unpaired) electrons. The molecule has 2 heterocycles. The monoisotopic (exact) mass is 138 g/mol. The lowest BCUT2D eigenvalue weighted by Gasteiger charge is -2.12. The van der Waals surface area contributed by atoms with E-state index in [1.54, 1.807) is 6.20 Å². The molecule has 5 nitrogen and oxygen atoms in total. The number of nitrogens with one attached hydrogen (secondary N) is 2. The zero-order valence-corrected chi connectivity index (χ0v) is 5.16. The van der Waals surface area contributed by atoms with Gasteiger partial charge in [0, 0.05) is 0 Å². The number of rotatable bonds is 0. The predicted octanol–water partition coefficient (Wildman–Crippen LogP) is -1.07. The van der Waals surface area contributed by atoms with Crippen molar-refractivity contribution in [2.24, 2.45) is 4.99 Å². The molecule has 0 atom stereocenters. The third-order valence-electron chi connectivity index (χ3n) is 1.37. The largest absolute Gasteiger partial charge is 0.710 e. The van der Waals surface area contributed by atoms with Gasteiger partial charge in [0.25, 0.3) is 12.2 Å². The number of hydrogen-bond acceptors (Lipinski definition) is 4. The molecule has 0 fully saturated rings. The summed E-state index contributed by atoms with van der Waals surface area (Å²) in [5.41, 5.74) is 0.547. The normalized spacial score (nSPS) is 21.4. The highest BCUT2D eigenvalue weighted by molar-refractivity contribution is 6.02. The highest BCUT2D eigenvalue weighted by Crippen LogP contribution is 2.03. The lowest BCUT2D eigenvalue weighted by molar-refractivity contribution is -0.384. The number of nitrogens with zero attached hydrogens (tertiary/aromatic N) is 2. The summed E-state index contributed by atoms with van der Waals surface area (Å²) in [6, 6.07) is 0. The van der Waals surface area contributed by atoms with Crippen molar-refractivity contribution in [1.29, 1.82) is 0 Å². The van der Waals surface area contributed by atoms with Crippen LogP contribution < -0.4 is 10.6 Å². The fourth-order valence-electron chi connectivity index (χ4n) is 0.894. The van der Waals surface area contributed by atoms with Crippen LogP contribution >= 0.6 is 0 Å². The van der Waals surface area contributed by atoms with Gasteiger partial charge in [-0.15, -0.1) is 0 Å². The molecule has 0 unspecified atom stereocenters. The zero-order chi connectivity index (χ0) is 6.97. The molecule has 0 amide bonds. The minimum Gasteiger partial charge on any atom is -0.710 e. The Balaban J connectivity index is 2.39. The average molecular weight is 138 g/mol. The van der Waals surface area contributed by atoms with Gasteiger partial charge in [0.2, 0.25) is 5.70 Å². The van der Waals surface area contributed by atoms with Gasteiger partial charge in [-0.05, 0) is 4.99 Å². The Hall–Kier alpha value is -1.52. The number of hydroxylamine groups is 1. The van der Waals surface area contributed by atoms with Crippen molar-refractivity contribution in [3.63, 3.8) is 0 Å². The zero-order valence-electron chi connectivity index (χ0n) is 5.16. The molecule has 2 aliphatic rings. The average Bonchev–Trinajstić information content (AvgIpc) is 2.34. The molecule has 0 saturated heterocycles. The van der Waals surface area contributed by atoms with E-state index in [1.807, 2.05) is 0 Å². The van der Waals surface area contributed by atoms with Crippen LogP contribution in [0.25, 0.3) is 0 Å². The predicted molar refractivity (Wildman–Crippen MR) is 36.3 cm³/mol. The number of hydrogen-bond donors (Lipinski definition) is 2. The van der Waals surface area contributed by atoms with Crippen molar-refractivity contribution < 1.29 is 4.74 Å². The molecule has 2 rings (SSSR count). The smallest absolute Gasteiger partial charge is 0.292 e. The van der Waals surface area contributed by atoms with E-state index < -0.39 is 0 Å². The van der Waals surface area contributed by atoms with Gasteiger partial charge in [-0.1, -0.05) is 0 Å². The topological polar surface area (TPSA) is 62.5 Å². The summed E-state index contributed by atoms with van der Waals surface area (Å²) in [5.74, 6) is 0.647. The summed E-state index contributed by atoms with van der Waals surface area (Å²) in [6.07, 6.45) is 2.88. The quantitative estimate of drug-likeness (QED) is 0.331. The molecule has 0 aromatic rings. The van der Waals surface area contributed by atoms with Crippen LogP contribution in [-0.4, -0.2) is 23.6 Å². The van der Waals surface area contributed by atoms with Gasteiger partial charge in [-0.2, -0.15) is 0 Å². The molecule has 0 aliphatic carbocycles. The second-order valence-corrected chi connectivity index (χ2v) is 2.01. The van der Waals surface area contributed by atoms with Crippen molar-refractivity contribution in [1.82, 2.24) is 10.6 Å². The van der Waals surface area contributed by atoms with Gasteiger partial charge in [0.1, 0.15) is 0 Å². The van der Waals surface area contributed by atoms with Crippen LogP contribution in [0.1, 0.15) is 0 Å². The fourth-order valence-corrected chi connectivity index (χ4v) is 0.894.